The van der Waals surface area contributed by atoms with Crippen molar-refractivity contribution in [3.63, 3.8) is 0 Å². The second-order valence-electron chi connectivity index (χ2n) is 7.91. The minimum atomic E-state index is -4.79. The fourth-order valence-corrected chi connectivity index (χ4v) is 4.12. The summed E-state index contributed by atoms with van der Waals surface area (Å²) in [6, 6.07) is 5.82. The number of hydrogen-bond acceptors (Lipinski definition) is 8. The number of carbonyl (C=O) groups is 1. The molecule has 208 valence electrons. The number of sulfonamides is 1. The maximum absolute atomic E-state index is 13.2. The normalized spacial score (nSPS) is 11.9. The number of rotatable bonds is 14. The van der Waals surface area contributed by atoms with Crippen LogP contribution >= 0.6 is 0 Å². The van der Waals surface area contributed by atoms with Crippen molar-refractivity contribution in [1.82, 2.24) is 4.72 Å². The van der Waals surface area contributed by atoms with Crippen LogP contribution in [-0.2, 0) is 25.7 Å². The number of halogens is 3. The monoisotopic (exact) mass is 560 g/mol. The quantitative estimate of drug-likeness (QED) is 0.146. The Labute approximate surface area is 217 Å². The molecule has 1 amide bonds. The Morgan fingerprint density at radius 3 is 2.47 bits per heavy atom. The number of benzene rings is 2. The number of nitrogens with zero attached hydrogens (tertiary/aromatic N) is 1. The number of methoxy groups -OCH3 is 1. The zero-order chi connectivity index (χ0) is 28.3. The van der Waals surface area contributed by atoms with E-state index in [-0.39, 0.29) is 36.0 Å². The predicted octanol–water partition coefficient (Wildman–Crippen LogP) is 5.08. The average molecular weight is 561 g/mol. The van der Waals surface area contributed by atoms with Gasteiger partial charge in [-0.3, -0.25) is 14.9 Å². The van der Waals surface area contributed by atoms with E-state index in [1.54, 1.807) is 0 Å². The Hall–Kier alpha value is -3.65. The number of unbranched alkanes of at least 4 members (excludes halogenated alkanes) is 2. The van der Waals surface area contributed by atoms with Gasteiger partial charge in [0.2, 0.25) is 15.8 Å². The molecule has 0 atom stereocenters. The highest BCUT2D eigenvalue weighted by atomic mass is 32.2. The first-order valence-corrected chi connectivity index (χ1v) is 13.0. The first kappa shape index (κ1) is 30.6. The highest BCUT2D eigenvalue weighted by Gasteiger charge is 2.33. The molecule has 0 bridgehead atoms. The molecule has 38 heavy (non-hydrogen) atoms. The third-order valence-corrected chi connectivity index (χ3v) is 6.27. The van der Waals surface area contributed by atoms with E-state index in [1.807, 2.05) is 11.6 Å². The van der Waals surface area contributed by atoms with E-state index in [9.17, 15) is 36.5 Å². The summed E-state index contributed by atoms with van der Waals surface area (Å²) in [6.45, 7) is 2.24. The van der Waals surface area contributed by atoms with Gasteiger partial charge in [-0.2, -0.15) is 13.2 Å². The highest BCUT2D eigenvalue weighted by Crippen LogP contribution is 2.39. The van der Waals surface area contributed by atoms with Crippen molar-refractivity contribution in [2.45, 2.75) is 32.4 Å². The Balaban J connectivity index is 2.41. The number of hydrogen-bond donors (Lipinski definition) is 1. The number of ether oxygens (including phenoxy) is 3. The zero-order valence-electron chi connectivity index (χ0n) is 20.6. The number of carbonyl (C=O) groups excluding carboxylic acids is 1. The van der Waals surface area contributed by atoms with Crippen LogP contribution in [0.3, 0.4) is 0 Å². The SMILES string of the molecule is CCCCCS(=O)(=O)NC(=O)C=Cc1ccc(OCCOC)cc1Oc1cc(C(F)(F)F)ccc1[N+](=O)[O-]. The number of nitro benzene ring substituents is 1. The Kier molecular flexibility index (Phi) is 11.1. The standard InChI is InChI=1S/C24H27F3N2O8S/c1-3-4-5-14-38(33,34)28-23(30)11-7-17-6-9-19(36-13-12-35-2)16-21(17)37-22-15-18(24(25,26)27)8-10-20(22)29(31)32/h6-11,15-16H,3-5,12-14H2,1-2H3,(H,28,30). The second kappa shape index (κ2) is 13.8. The van der Waals surface area contributed by atoms with Gasteiger partial charge >= 0.3 is 11.9 Å². The van der Waals surface area contributed by atoms with Gasteiger partial charge in [0, 0.05) is 36.9 Å². The van der Waals surface area contributed by atoms with Crippen LogP contribution in [0.5, 0.6) is 17.2 Å². The molecule has 0 unspecified atom stereocenters. The number of alkyl halides is 3. The molecule has 1 N–H and O–H groups in total. The van der Waals surface area contributed by atoms with Crippen LogP contribution in [0.2, 0.25) is 0 Å². The molecule has 0 spiro atoms. The molecule has 0 aliphatic rings. The lowest BCUT2D eigenvalue weighted by atomic mass is 10.1. The van der Waals surface area contributed by atoms with Gasteiger partial charge in [0.15, 0.2) is 0 Å². The highest BCUT2D eigenvalue weighted by molar-refractivity contribution is 7.90. The van der Waals surface area contributed by atoms with Gasteiger partial charge in [-0.1, -0.05) is 19.8 Å². The maximum Gasteiger partial charge on any atom is 0.416 e. The fraction of sp³-hybridized carbons (Fsp3) is 0.375. The van der Waals surface area contributed by atoms with Gasteiger partial charge in [-0.05, 0) is 30.7 Å². The lowest BCUT2D eigenvalue weighted by Gasteiger charge is -2.14. The molecule has 2 rings (SSSR count). The first-order valence-electron chi connectivity index (χ1n) is 11.4. The molecular formula is C24H27F3N2O8S. The molecule has 0 saturated carbocycles. The molecule has 0 aliphatic heterocycles. The summed E-state index contributed by atoms with van der Waals surface area (Å²) in [5.74, 6) is -1.88. The lowest BCUT2D eigenvalue weighted by molar-refractivity contribution is -0.385. The number of amides is 1. The van der Waals surface area contributed by atoms with Gasteiger partial charge < -0.3 is 14.2 Å². The zero-order valence-corrected chi connectivity index (χ0v) is 21.4. The molecule has 0 fully saturated rings. The Morgan fingerprint density at radius 2 is 1.84 bits per heavy atom. The number of nitro groups is 1. The topological polar surface area (TPSA) is 134 Å². The van der Waals surface area contributed by atoms with E-state index in [0.717, 1.165) is 18.6 Å². The third kappa shape index (κ3) is 9.67. The summed E-state index contributed by atoms with van der Waals surface area (Å²) in [5, 5.41) is 11.4. The van der Waals surface area contributed by atoms with E-state index in [2.05, 4.69) is 0 Å². The van der Waals surface area contributed by atoms with Crippen LogP contribution in [0.25, 0.3) is 6.08 Å². The van der Waals surface area contributed by atoms with Gasteiger partial charge in [0.1, 0.15) is 18.1 Å². The smallest absolute Gasteiger partial charge is 0.416 e. The van der Waals surface area contributed by atoms with Crippen LogP contribution in [-0.4, -0.2) is 45.3 Å². The summed E-state index contributed by atoms with van der Waals surface area (Å²) in [4.78, 5) is 22.7. The largest absolute Gasteiger partial charge is 0.491 e. The van der Waals surface area contributed by atoms with E-state index in [4.69, 9.17) is 14.2 Å². The molecule has 14 heteroatoms. The summed E-state index contributed by atoms with van der Waals surface area (Å²) < 4.78 is 81.6. The molecule has 0 aromatic heterocycles. The molecule has 0 heterocycles. The summed E-state index contributed by atoms with van der Waals surface area (Å²) in [5.41, 5.74) is -1.79. The average Bonchev–Trinajstić information content (AvgIpc) is 2.82. The van der Waals surface area contributed by atoms with E-state index < -0.39 is 44.0 Å². The van der Waals surface area contributed by atoms with Crippen LogP contribution in [0.1, 0.15) is 37.3 Å². The van der Waals surface area contributed by atoms with Crippen molar-refractivity contribution in [3.8, 4) is 17.2 Å². The molecule has 0 saturated heterocycles. The van der Waals surface area contributed by atoms with Crippen molar-refractivity contribution < 1.29 is 45.5 Å². The molecule has 0 aliphatic carbocycles. The molecular weight excluding hydrogens is 533 g/mol. The van der Waals surface area contributed by atoms with Crippen molar-refractivity contribution in [2.24, 2.45) is 0 Å². The van der Waals surface area contributed by atoms with Crippen LogP contribution in [0.15, 0.2) is 42.5 Å². The van der Waals surface area contributed by atoms with Crippen molar-refractivity contribution >= 4 is 27.7 Å². The minimum absolute atomic E-state index is 0.106. The van der Waals surface area contributed by atoms with Crippen molar-refractivity contribution in [3.05, 3.63) is 63.7 Å². The van der Waals surface area contributed by atoms with Gasteiger partial charge in [0.05, 0.1) is 22.8 Å². The third-order valence-electron chi connectivity index (χ3n) is 4.93. The van der Waals surface area contributed by atoms with Crippen LogP contribution in [0.4, 0.5) is 18.9 Å². The summed E-state index contributed by atoms with van der Waals surface area (Å²) in [7, 11) is -2.41. The van der Waals surface area contributed by atoms with Crippen molar-refractivity contribution in [2.75, 3.05) is 26.1 Å². The van der Waals surface area contributed by atoms with Crippen molar-refractivity contribution in [1.29, 1.82) is 0 Å². The Bertz CT molecular complexity index is 1260. The van der Waals surface area contributed by atoms with Crippen LogP contribution in [0, 0.1) is 10.1 Å². The predicted molar refractivity (Wildman–Crippen MR) is 132 cm³/mol. The molecule has 2 aromatic carbocycles. The van der Waals surface area contributed by atoms with E-state index >= 15 is 0 Å². The first-order chi connectivity index (χ1) is 17.9. The lowest BCUT2D eigenvalue weighted by Crippen LogP contribution is -2.31. The molecule has 0 radical (unpaired) electrons. The summed E-state index contributed by atoms with van der Waals surface area (Å²) >= 11 is 0. The number of nitrogens with one attached hydrogen (secondary N) is 1. The maximum atomic E-state index is 13.2. The van der Waals surface area contributed by atoms with E-state index in [0.29, 0.717) is 31.0 Å². The van der Waals surface area contributed by atoms with Gasteiger partial charge in [0.25, 0.3) is 5.91 Å². The van der Waals surface area contributed by atoms with Gasteiger partial charge in [-0.25, -0.2) is 13.1 Å². The molecule has 10 nitrogen and oxygen atoms in total. The minimum Gasteiger partial charge on any atom is -0.491 e. The van der Waals surface area contributed by atoms with Crippen LogP contribution < -0.4 is 14.2 Å². The fourth-order valence-electron chi connectivity index (χ4n) is 3.06. The van der Waals surface area contributed by atoms with E-state index in [1.165, 1.54) is 25.3 Å². The second-order valence-corrected chi connectivity index (χ2v) is 9.75. The summed E-state index contributed by atoms with van der Waals surface area (Å²) in [6.07, 6.45) is -0.896. The molecule has 2 aromatic rings. The Morgan fingerprint density at radius 1 is 1.11 bits per heavy atom. The van der Waals surface area contributed by atoms with Gasteiger partial charge in [-0.15, -0.1) is 0 Å².